The van der Waals surface area contributed by atoms with E-state index >= 15 is 0 Å². The number of sulfone groups is 1. The summed E-state index contributed by atoms with van der Waals surface area (Å²) < 4.78 is 31.2. The van der Waals surface area contributed by atoms with Crippen molar-refractivity contribution < 1.29 is 13.2 Å². The van der Waals surface area contributed by atoms with Crippen molar-refractivity contribution in [3.8, 4) is 11.8 Å². The molecule has 3 rings (SSSR count). The first-order valence-corrected chi connectivity index (χ1v) is 10.4. The maximum absolute atomic E-state index is 12.7. The zero-order chi connectivity index (χ0) is 19.8. The van der Waals surface area contributed by atoms with Crippen LogP contribution in [0, 0.1) is 11.3 Å². The molecular weight excluding hydrogens is 370 g/mol. The number of benzene rings is 3. The van der Waals surface area contributed by atoms with E-state index in [1.807, 2.05) is 48.5 Å². The van der Waals surface area contributed by atoms with Gasteiger partial charge in [-0.15, -0.1) is 0 Å². The highest BCUT2D eigenvalue weighted by Gasteiger charge is 2.19. The molecule has 0 unspecified atom stereocenters. The number of hydrogen-bond acceptors (Lipinski definition) is 4. The second kappa shape index (κ2) is 9.03. The molecule has 3 aromatic rings. The fourth-order valence-corrected chi connectivity index (χ4v) is 3.90. The first kappa shape index (κ1) is 19.4. The zero-order valence-electron chi connectivity index (χ0n) is 15.2. The maximum atomic E-state index is 12.7. The SMILES string of the molecule is N#C/C(=C/c1ccccc1OCc1ccccc1)S(=O)(=O)Cc1ccccc1. The van der Waals surface area contributed by atoms with Gasteiger partial charge in [-0.3, -0.25) is 0 Å². The fraction of sp³-hybridized carbons (Fsp3) is 0.0870. The Morgan fingerprint density at radius 3 is 2.07 bits per heavy atom. The predicted octanol–water partition coefficient (Wildman–Crippen LogP) is 4.75. The van der Waals surface area contributed by atoms with Gasteiger partial charge in [0, 0.05) is 5.56 Å². The molecule has 4 nitrogen and oxygen atoms in total. The quantitative estimate of drug-likeness (QED) is 0.547. The van der Waals surface area contributed by atoms with Gasteiger partial charge < -0.3 is 4.74 Å². The van der Waals surface area contributed by atoms with Gasteiger partial charge in [-0.25, -0.2) is 8.42 Å². The number of ether oxygens (including phenoxy) is 1. The summed E-state index contributed by atoms with van der Waals surface area (Å²) in [5, 5.41) is 9.46. The molecule has 3 aromatic carbocycles. The van der Waals surface area contributed by atoms with Crippen LogP contribution in [0.3, 0.4) is 0 Å². The van der Waals surface area contributed by atoms with Gasteiger partial charge >= 0.3 is 0 Å². The van der Waals surface area contributed by atoms with Crippen LogP contribution < -0.4 is 4.74 Å². The van der Waals surface area contributed by atoms with Crippen LogP contribution in [0.15, 0.2) is 89.8 Å². The molecule has 0 aliphatic heterocycles. The van der Waals surface area contributed by atoms with E-state index < -0.39 is 9.84 Å². The van der Waals surface area contributed by atoms with Crippen molar-refractivity contribution in [2.45, 2.75) is 12.4 Å². The monoisotopic (exact) mass is 389 g/mol. The normalized spacial score (nSPS) is 11.6. The van der Waals surface area contributed by atoms with Crippen molar-refractivity contribution in [3.05, 3.63) is 107 Å². The number of hydrogen-bond donors (Lipinski definition) is 0. The number of para-hydroxylation sites is 1. The topological polar surface area (TPSA) is 67.2 Å². The first-order chi connectivity index (χ1) is 13.6. The molecule has 0 heterocycles. The standard InChI is InChI=1S/C23H19NO3S/c24-16-22(28(25,26)18-20-11-5-2-6-12-20)15-21-13-7-8-14-23(21)27-17-19-9-3-1-4-10-19/h1-15H,17-18H2/b22-15-. The van der Waals surface area contributed by atoms with E-state index in [1.54, 1.807) is 42.5 Å². The summed E-state index contributed by atoms with van der Waals surface area (Å²) in [6, 6.07) is 27.4. The van der Waals surface area contributed by atoms with Crippen LogP contribution in [0.2, 0.25) is 0 Å². The lowest BCUT2D eigenvalue weighted by atomic mass is 10.2. The minimum absolute atomic E-state index is 0.222. The summed E-state index contributed by atoms with van der Waals surface area (Å²) in [5.41, 5.74) is 2.18. The van der Waals surface area contributed by atoms with Gasteiger partial charge in [0.15, 0.2) is 9.84 Å². The van der Waals surface area contributed by atoms with Crippen molar-refractivity contribution in [1.29, 1.82) is 5.26 Å². The summed E-state index contributed by atoms with van der Waals surface area (Å²) in [6.45, 7) is 0.352. The van der Waals surface area contributed by atoms with E-state index in [4.69, 9.17) is 4.74 Å². The minimum atomic E-state index is -3.76. The Kier molecular flexibility index (Phi) is 6.25. The number of rotatable bonds is 7. The number of nitrogens with zero attached hydrogens (tertiary/aromatic N) is 1. The molecule has 0 N–H and O–H groups in total. The van der Waals surface area contributed by atoms with E-state index in [1.165, 1.54) is 6.08 Å². The van der Waals surface area contributed by atoms with Crippen molar-refractivity contribution in [2.24, 2.45) is 0 Å². The Hall–Kier alpha value is -3.36. The van der Waals surface area contributed by atoms with Gasteiger partial charge in [0.1, 0.15) is 23.3 Å². The van der Waals surface area contributed by atoms with Crippen LogP contribution >= 0.6 is 0 Å². The lowest BCUT2D eigenvalue weighted by Crippen LogP contribution is -2.06. The van der Waals surface area contributed by atoms with E-state index in [9.17, 15) is 13.7 Å². The summed E-state index contributed by atoms with van der Waals surface area (Å²) in [5.74, 6) is 0.300. The maximum Gasteiger partial charge on any atom is 0.192 e. The highest BCUT2D eigenvalue weighted by Crippen LogP contribution is 2.25. The Bertz CT molecular complexity index is 1100. The van der Waals surface area contributed by atoms with Crippen LogP contribution in [-0.2, 0) is 22.2 Å². The molecule has 0 aliphatic rings. The molecule has 0 saturated carbocycles. The first-order valence-electron chi connectivity index (χ1n) is 8.73. The zero-order valence-corrected chi connectivity index (χ0v) is 16.0. The lowest BCUT2D eigenvalue weighted by molar-refractivity contribution is 0.305. The van der Waals surface area contributed by atoms with E-state index in [0.29, 0.717) is 23.5 Å². The molecule has 0 bridgehead atoms. The Morgan fingerprint density at radius 1 is 0.857 bits per heavy atom. The van der Waals surface area contributed by atoms with Gasteiger partial charge in [-0.2, -0.15) is 5.26 Å². The van der Waals surface area contributed by atoms with Crippen molar-refractivity contribution in [1.82, 2.24) is 0 Å². The summed E-state index contributed by atoms with van der Waals surface area (Å²) in [6.07, 6.45) is 1.37. The Balaban J connectivity index is 1.85. The summed E-state index contributed by atoms with van der Waals surface area (Å²) >= 11 is 0. The Morgan fingerprint density at radius 2 is 1.43 bits per heavy atom. The van der Waals surface area contributed by atoms with E-state index in [2.05, 4.69) is 0 Å². The van der Waals surface area contributed by atoms with Gasteiger partial charge in [-0.1, -0.05) is 78.9 Å². The summed E-state index contributed by atoms with van der Waals surface area (Å²) in [7, 11) is -3.76. The molecule has 0 saturated heterocycles. The van der Waals surface area contributed by atoms with Crippen molar-refractivity contribution >= 4 is 15.9 Å². The van der Waals surface area contributed by atoms with Crippen molar-refractivity contribution in [3.63, 3.8) is 0 Å². The van der Waals surface area contributed by atoms with E-state index in [-0.39, 0.29) is 10.7 Å². The highest BCUT2D eigenvalue weighted by molar-refractivity contribution is 7.95. The molecule has 28 heavy (non-hydrogen) atoms. The van der Waals surface area contributed by atoms with Crippen molar-refractivity contribution in [2.75, 3.05) is 0 Å². The molecule has 0 aromatic heterocycles. The Labute approximate surface area is 165 Å². The summed E-state index contributed by atoms with van der Waals surface area (Å²) in [4.78, 5) is -0.285. The molecule has 0 spiro atoms. The van der Waals surface area contributed by atoms with Gasteiger partial charge in [0.25, 0.3) is 0 Å². The van der Waals surface area contributed by atoms with Crippen LogP contribution in [-0.4, -0.2) is 8.42 Å². The third kappa shape index (κ3) is 5.09. The molecule has 140 valence electrons. The van der Waals surface area contributed by atoms with Crippen LogP contribution in [0.5, 0.6) is 5.75 Å². The predicted molar refractivity (Wildman–Crippen MR) is 110 cm³/mol. The van der Waals surface area contributed by atoms with Gasteiger partial charge in [0.05, 0.1) is 5.75 Å². The number of allylic oxidation sites excluding steroid dienone is 1. The van der Waals surface area contributed by atoms with E-state index in [0.717, 1.165) is 5.56 Å². The fourth-order valence-electron chi connectivity index (χ4n) is 2.67. The molecule has 0 aliphatic carbocycles. The molecule has 5 heteroatoms. The second-order valence-corrected chi connectivity index (χ2v) is 8.14. The third-order valence-corrected chi connectivity index (χ3v) is 5.68. The third-order valence-electron chi connectivity index (χ3n) is 4.09. The number of nitriles is 1. The second-order valence-electron chi connectivity index (χ2n) is 6.18. The average molecular weight is 389 g/mol. The average Bonchev–Trinajstić information content (AvgIpc) is 2.72. The largest absolute Gasteiger partial charge is 0.488 e. The molecule has 0 atom stereocenters. The molecular formula is C23H19NO3S. The van der Waals surface area contributed by atoms with Gasteiger partial charge in [-0.05, 0) is 23.3 Å². The molecule has 0 radical (unpaired) electrons. The van der Waals surface area contributed by atoms with Crippen LogP contribution in [0.4, 0.5) is 0 Å². The molecule has 0 fully saturated rings. The molecule has 0 amide bonds. The smallest absolute Gasteiger partial charge is 0.192 e. The van der Waals surface area contributed by atoms with Gasteiger partial charge in [0.2, 0.25) is 0 Å². The van der Waals surface area contributed by atoms with Crippen LogP contribution in [0.1, 0.15) is 16.7 Å². The minimum Gasteiger partial charge on any atom is -0.488 e. The van der Waals surface area contributed by atoms with Crippen LogP contribution in [0.25, 0.3) is 6.08 Å². The highest BCUT2D eigenvalue weighted by atomic mass is 32.2. The lowest BCUT2D eigenvalue weighted by Gasteiger charge is -2.10.